The van der Waals surface area contributed by atoms with Crippen molar-refractivity contribution in [1.29, 1.82) is 0 Å². The summed E-state index contributed by atoms with van der Waals surface area (Å²) in [7, 11) is -1.24. The highest BCUT2D eigenvalue weighted by Gasteiger charge is 2.27. The van der Waals surface area contributed by atoms with Crippen molar-refractivity contribution in [3.8, 4) is 0 Å². The number of ether oxygens (including phenoxy) is 2. The summed E-state index contributed by atoms with van der Waals surface area (Å²) in [6, 6.07) is 10.0. The first-order valence-electron chi connectivity index (χ1n) is 7.19. The first-order valence-corrected chi connectivity index (χ1v) is 8.30. The summed E-state index contributed by atoms with van der Waals surface area (Å²) >= 11 is 0. The van der Waals surface area contributed by atoms with Gasteiger partial charge in [-0.05, 0) is 26.3 Å². The Morgan fingerprint density at radius 3 is 2.71 bits per heavy atom. The average molecular weight is 309 g/mol. The van der Waals surface area contributed by atoms with Crippen molar-refractivity contribution in [1.82, 2.24) is 0 Å². The molecule has 0 aliphatic carbocycles. The van der Waals surface area contributed by atoms with Crippen LogP contribution < -0.4 is 0 Å². The maximum Gasteiger partial charge on any atom is 0.144 e. The number of nitrogens with zero attached hydrogens (tertiary/aromatic N) is 1. The molecule has 2 atom stereocenters. The summed E-state index contributed by atoms with van der Waals surface area (Å²) in [5, 5.41) is 0. The van der Waals surface area contributed by atoms with Crippen LogP contribution in [0.5, 0.6) is 0 Å². The molecule has 0 unspecified atom stereocenters. The van der Waals surface area contributed by atoms with Crippen molar-refractivity contribution < 1.29 is 13.7 Å². The molecule has 0 spiro atoms. The minimum absolute atomic E-state index is 0.167. The Balaban J connectivity index is 1.88. The molecule has 0 radical (unpaired) electrons. The van der Waals surface area contributed by atoms with E-state index in [-0.39, 0.29) is 10.9 Å². The molecular weight excluding hydrogens is 286 g/mol. The van der Waals surface area contributed by atoms with Crippen molar-refractivity contribution in [3.63, 3.8) is 0 Å². The van der Waals surface area contributed by atoms with E-state index in [2.05, 4.69) is 4.40 Å². The van der Waals surface area contributed by atoms with Crippen LogP contribution in [-0.2, 0) is 27.1 Å². The zero-order chi connectivity index (χ0) is 15.3. The van der Waals surface area contributed by atoms with E-state index in [1.807, 2.05) is 51.1 Å². The van der Waals surface area contributed by atoms with E-state index in [0.717, 1.165) is 17.7 Å². The SMILES string of the molecule is CC(C)(C)[S@](=O)N=C1CCO[C@H]1COCc1ccccc1. The van der Waals surface area contributed by atoms with Gasteiger partial charge in [-0.3, -0.25) is 0 Å². The van der Waals surface area contributed by atoms with E-state index < -0.39 is 11.0 Å². The second kappa shape index (κ2) is 7.29. The fourth-order valence-electron chi connectivity index (χ4n) is 1.91. The van der Waals surface area contributed by atoms with Gasteiger partial charge in [0.15, 0.2) is 0 Å². The maximum absolute atomic E-state index is 12.1. The van der Waals surface area contributed by atoms with Crippen LogP contribution in [0.15, 0.2) is 34.7 Å². The van der Waals surface area contributed by atoms with Gasteiger partial charge in [-0.2, -0.15) is 4.40 Å². The van der Waals surface area contributed by atoms with Gasteiger partial charge in [0.05, 0.1) is 30.3 Å². The van der Waals surface area contributed by atoms with E-state index in [1.54, 1.807) is 0 Å². The monoisotopic (exact) mass is 309 g/mol. The summed E-state index contributed by atoms with van der Waals surface area (Å²) in [6.45, 7) is 7.39. The van der Waals surface area contributed by atoms with E-state index in [0.29, 0.717) is 19.8 Å². The Hall–Kier alpha value is -1.04. The highest BCUT2D eigenvalue weighted by Crippen LogP contribution is 2.17. The van der Waals surface area contributed by atoms with Crippen LogP contribution in [0.25, 0.3) is 0 Å². The Morgan fingerprint density at radius 2 is 2.05 bits per heavy atom. The first-order chi connectivity index (χ1) is 9.97. The topological polar surface area (TPSA) is 47.9 Å². The first kappa shape index (κ1) is 16.3. The molecule has 0 N–H and O–H groups in total. The highest BCUT2D eigenvalue weighted by atomic mass is 32.2. The van der Waals surface area contributed by atoms with Crippen molar-refractivity contribution in [2.24, 2.45) is 4.40 Å². The van der Waals surface area contributed by atoms with Crippen molar-refractivity contribution in [2.75, 3.05) is 13.2 Å². The molecule has 1 aliphatic heterocycles. The number of rotatable bonds is 5. The van der Waals surface area contributed by atoms with Crippen LogP contribution in [0.1, 0.15) is 32.8 Å². The third-order valence-corrected chi connectivity index (χ3v) is 4.60. The second-order valence-corrected chi connectivity index (χ2v) is 7.96. The molecule has 1 heterocycles. The van der Waals surface area contributed by atoms with Gasteiger partial charge in [0, 0.05) is 6.42 Å². The lowest BCUT2D eigenvalue weighted by Crippen LogP contribution is -2.26. The standard InChI is InChI=1S/C16H23NO3S/c1-16(2,3)21(18)17-14-9-10-20-15(14)12-19-11-13-7-5-4-6-8-13/h4-8,15H,9-12H2,1-3H3/t15-,21-/m0/s1. The summed E-state index contributed by atoms with van der Waals surface area (Å²) < 4.78 is 27.4. The van der Waals surface area contributed by atoms with Crippen LogP contribution in [0, 0.1) is 0 Å². The van der Waals surface area contributed by atoms with Gasteiger partial charge >= 0.3 is 0 Å². The Morgan fingerprint density at radius 1 is 1.33 bits per heavy atom. The summed E-state index contributed by atoms with van der Waals surface area (Å²) in [5.41, 5.74) is 1.99. The summed E-state index contributed by atoms with van der Waals surface area (Å²) in [4.78, 5) is 0. The lowest BCUT2D eigenvalue weighted by Gasteiger charge is -2.16. The minimum Gasteiger partial charge on any atom is -0.374 e. The molecule has 1 fully saturated rings. The van der Waals surface area contributed by atoms with Crippen LogP contribution in [0.4, 0.5) is 0 Å². The Bertz CT molecular complexity index is 508. The lowest BCUT2D eigenvalue weighted by molar-refractivity contribution is 0.0295. The predicted molar refractivity (Wildman–Crippen MR) is 85.8 cm³/mol. The van der Waals surface area contributed by atoms with Gasteiger partial charge in [-0.25, -0.2) is 4.21 Å². The number of hydrogen-bond acceptors (Lipinski definition) is 3. The summed E-state index contributed by atoms with van der Waals surface area (Å²) in [6.07, 6.45) is 0.571. The molecule has 0 bridgehead atoms. The molecule has 1 saturated heterocycles. The Kier molecular flexibility index (Phi) is 5.67. The molecule has 0 aromatic heterocycles. The van der Waals surface area contributed by atoms with E-state index >= 15 is 0 Å². The molecule has 1 aromatic carbocycles. The van der Waals surface area contributed by atoms with Crippen LogP contribution in [0.3, 0.4) is 0 Å². The van der Waals surface area contributed by atoms with Gasteiger partial charge in [-0.1, -0.05) is 30.3 Å². The van der Waals surface area contributed by atoms with Crippen LogP contribution in [0.2, 0.25) is 0 Å². The normalized spacial score (nSPS) is 22.6. The lowest BCUT2D eigenvalue weighted by atomic mass is 10.2. The maximum atomic E-state index is 12.1. The Labute approximate surface area is 129 Å². The molecule has 1 aromatic rings. The molecule has 2 rings (SSSR count). The van der Waals surface area contributed by atoms with Gasteiger partial charge in [0.25, 0.3) is 0 Å². The molecule has 116 valence electrons. The van der Waals surface area contributed by atoms with Gasteiger partial charge in [0.1, 0.15) is 17.1 Å². The number of benzene rings is 1. The molecule has 5 heteroatoms. The second-order valence-electron chi connectivity index (χ2n) is 6.05. The van der Waals surface area contributed by atoms with E-state index in [4.69, 9.17) is 9.47 Å². The zero-order valence-corrected chi connectivity index (χ0v) is 13.7. The number of hydrogen-bond donors (Lipinski definition) is 0. The van der Waals surface area contributed by atoms with Crippen molar-refractivity contribution in [3.05, 3.63) is 35.9 Å². The molecule has 0 saturated carbocycles. The van der Waals surface area contributed by atoms with Gasteiger partial charge < -0.3 is 9.47 Å². The molecule has 4 nitrogen and oxygen atoms in total. The van der Waals surface area contributed by atoms with Crippen molar-refractivity contribution >= 4 is 16.7 Å². The van der Waals surface area contributed by atoms with E-state index in [9.17, 15) is 4.21 Å². The largest absolute Gasteiger partial charge is 0.374 e. The summed E-state index contributed by atoms with van der Waals surface area (Å²) in [5.74, 6) is 0. The highest BCUT2D eigenvalue weighted by molar-refractivity contribution is 7.85. The van der Waals surface area contributed by atoms with E-state index in [1.165, 1.54) is 0 Å². The third kappa shape index (κ3) is 5.02. The van der Waals surface area contributed by atoms with Gasteiger partial charge in [-0.15, -0.1) is 0 Å². The van der Waals surface area contributed by atoms with Crippen LogP contribution >= 0.6 is 0 Å². The minimum atomic E-state index is -1.24. The molecule has 21 heavy (non-hydrogen) atoms. The average Bonchev–Trinajstić information content (AvgIpc) is 2.86. The van der Waals surface area contributed by atoms with Crippen molar-refractivity contribution in [2.45, 2.75) is 44.6 Å². The molecule has 1 aliphatic rings. The van der Waals surface area contributed by atoms with Crippen LogP contribution in [-0.4, -0.2) is 34.0 Å². The zero-order valence-electron chi connectivity index (χ0n) is 12.9. The fourth-order valence-corrected chi connectivity index (χ4v) is 2.61. The van der Waals surface area contributed by atoms with Gasteiger partial charge in [0.2, 0.25) is 0 Å². The molecular formula is C16H23NO3S. The third-order valence-electron chi connectivity index (χ3n) is 3.15. The fraction of sp³-hybridized carbons (Fsp3) is 0.562. The molecule has 0 amide bonds. The quantitative estimate of drug-likeness (QED) is 0.840. The smallest absolute Gasteiger partial charge is 0.144 e. The predicted octanol–water partition coefficient (Wildman–Crippen LogP) is 2.90.